The van der Waals surface area contributed by atoms with Crippen molar-refractivity contribution in [3.05, 3.63) is 45.9 Å². The molecule has 0 atom stereocenters. The Bertz CT molecular complexity index is 913. The summed E-state index contributed by atoms with van der Waals surface area (Å²) in [5, 5.41) is 11.5. The Morgan fingerprint density at radius 1 is 1.29 bits per heavy atom. The van der Waals surface area contributed by atoms with E-state index in [-0.39, 0.29) is 30.2 Å². The topological polar surface area (TPSA) is 77.1 Å². The first-order valence-corrected chi connectivity index (χ1v) is 9.16. The zero-order chi connectivity index (χ0) is 20.4. The van der Waals surface area contributed by atoms with E-state index in [1.807, 2.05) is 0 Å². The highest BCUT2D eigenvalue weighted by atomic mass is 79.9. The highest BCUT2D eigenvalue weighted by Gasteiger charge is 2.30. The molecule has 0 bridgehead atoms. The second-order valence-electron chi connectivity index (χ2n) is 6.27. The van der Waals surface area contributed by atoms with Crippen LogP contribution >= 0.6 is 15.9 Å². The molecule has 1 amide bonds. The number of halogens is 3. The molecule has 0 saturated carbocycles. The molecule has 2 aromatic carbocycles. The van der Waals surface area contributed by atoms with E-state index < -0.39 is 17.5 Å². The van der Waals surface area contributed by atoms with Gasteiger partial charge in [-0.05, 0) is 24.3 Å². The van der Waals surface area contributed by atoms with Crippen molar-refractivity contribution >= 4 is 44.6 Å². The normalized spacial score (nSPS) is 12.9. The molecule has 150 valence electrons. The molecule has 0 aliphatic carbocycles. The summed E-state index contributed by atoms with van der Waals surface area (Å²) in [5.74, 6) is -2.01. The van der Waals surface area contributed by atoms with Gasteiger partial charge in [-0.15, -0.1) is 0 Å². The quantitative estimate of drug-likeness (QED) is 0.458. The van der Waals surface area contributed by atoms with Crippen LogP contribution in [0.15, 0.2) is 28.7 Å². The molecule has 1 aliphatic heterocycles. The third kappa shape index (κ3) is 3.89. The van der Waals surface area contributed by atoms with E-state index in [0.717, 1.165) is 0 Å². The number of fused-ring (bicyclic) bond motifs is 1. The molecule has 1 heterocycles. The van der Waals surface area contributed by atoms with Crippen molar-refractivity contribution in [1.82, 2.24) is 5.48 Å². The van der Waals surface area contributed by atoms with Gasteiger partial charge in [0.05, 0.1) is 42.5 Å². The van der Waals surface area contributed by atoms with E-state index in [1.54, 1.807) is 30.0 Å². The lowest BCUT2D eigenvalue weighted by Gasteiger charge is -2.18. The molecule has 2 aromatic rings. The first-order chi connectivity index (χ1) is 13.3. The zero-order valence-electron chi connectivity index (χ0n) is 15.2. The summed E-state index contributed by atoms with van der Waals surface area (Å²) in [6.07, 6.45) is 0. The standard InChI is InChI=1S/C18H19BrF2N4O3/c1-24-9-25(2)17-14(24)8-11(18(27)23-28-6-5-26)16(15(17)21)22-13-4-3-10(19)7-12(13)20/h3-4,7-8,22,26H,5-6,9H2,1-2H3,(H,23,27). The third-order valence-electron chi connectivity index (χ3n) is 4.23. The third-order valence-corrected chi connectivity index (χ3v) is 4.72. The van der Waals surface area contributed by atoms with E-state index >= 15 is 4.39 Å². The van der Waals surface area contributed by atoms with Gasteiger partial charge in [-0.25, -0.2) is 14.3 Å². The van der Waals surface area contributed by atoms with Crippen LogP contribution < -0.4 is 20.6 Å². The lowest BCUT2D eigenvalue weighted by molar-refractivity contribution is 0.0169. The van der Waals surface area contributed by atoms with Crippen LogP contribution in [-0.4, -0.2) is 45.0 Å². The van der Waals surface area contributed by atoms with Crippen LogP contribution in [0.25, 0.3) is 0 Å². The fraction of sp³-hybridized carbons (Fsp3) is 0.278. The van der Waals surface area contributed by atoms with Crippen molar-refractivity contribution in [1.29, 1.82) is 0 Å². The molecular formula is C18H19BrF2N4O3. The van der Waals surface area contributed by atoms with Gasteiger partial charge in [-0.1, -0.05) is 15.9 Å². The van der Waals surface area contributed by atoms with Crippen molar-refractivity contribution in [3.63, 3.8) is 0 Å². The highest BCUT2D eigenvalue weighted by molar-refractivity contribution is 9.10. The number of hydrogen-bond donors (Lipinski definition) is 3. The van der Waals surface area contributed by atoms with Gasteiger partial charge in [0.1, 0.15) is 11.5 Å². The van der Waals surface area contributed by atoms with E-state index in [4.69, 9.17) is 9.94 Å². The molecule has 7 nitrogen and oxygen atoms in total. The lowest BCUT2D eigenvalue weighted by Crippen LogP contribution is -2.26. The number of hydrogen-bond acceptors (Lipinski definition) is 6. The van der Waals surface area contributed by atoms with E-state index in [9.17, 15) is 9.18 Å². The monoisotopic (exact) mass is 456 g/mol. The van der Waals surface area contributed by atoms with Gasteiger partial charge in [-0.2, -0.15) is 0 Å². The summed E-state index contributed by atoms with van der Waals surface area (Å²) in [5.41, 5.74) is 2.76. The van der Waals surface area contributed by atoms with Crippen LogP contribution in [0.2, 0.25) is 0 Å². The maximum Gasteiger partial charge on any atom is 0.277 e. The Kier molecular flexibility index (Phi) is 6.01. The largest absolute Gasteiger partial charge is 0.394 e. The predicted molar refractivity (Wildman–Crippen MR) is 106 cm³/mol. The van der Waals surface area contributed by atoms with Gasteiger partial charge in [0, 0.05) is 18.6 Å². The maximum atomic E-state index is 15.4. The van der Waals surface area contributed by atoms with E-state index in [0.29, 0.717) is 22.5 Å². The summed E-state index contributed by atoms with van der Waals surface area (Å²) >= 11 is 3.17. The molecule has 0 fully saturated rings. The van der Waals surface area contributed by atoms with Crippen LogP contribution in [0.4, 0.5) is 31.5 Å². The Hall–Kier alpha value is -2.43. The molecule has 3 N–H and O–H groups in total. The maximum absolute atomic E-state index is 15.4. The molecule has 0 radical (unpaired) electrons. The summed E-state index contributed by atoms with van der Waals surface area (Å²) < 4.78 is 30.2. The summed E-state index contributed by atoms with van der Waals surface area (Å²) in [6, 6.07) is 5.78. The number of hydroxylamine groups is 1. The second-order valence-corrected chi connectivity index (χ2v) is 7.19. The molecule has 0 aromatic heterocycles. The summed E-state index contributed by atoms with van der Waals surface area (Å²) in [4.78, 5) is 20.9. The summed E-state index contributed by atoms with van der Waals surface area (Å²) in [6.45, 7) is 0.0257. The number of anilines is 4. The first kappa shape index (κ1) is 20.3. The molecule has 10 heteroatoms. The van der Waals surface area contributed by atoms with Gasteiger partial charge < -0.3 is 20.2 Å². The second kappa shape index (κ2) is 8.29. The molecule has 0 saturated heterocycles. The first-order valence-electron chi connectivity index (χ1n) is 8.37. The molecule has 0 unspecified atom stereocenters. The highest BCUT2D eigenvalue weighted by Crippen LogP contribution is 2.42. The van der Waals surface area contributed by atoms with Crippen molar-refractivity contribution in [3.8, 4) is 0 Å². The number of carbonyl (C=O) groups is 1. The SMILES string of the molecule is CN1CN(C)c2c1cc(C(=O)NOCCO)c(Nc1ccc(Br)cc1F)c2F. The van der Waals surface area contributed by atoms with Crippen LogP contribution in [0.1, 0.15) is 10.4 Å². The number of benzene rings is 2. The number of nitrogens with zero attached hydrogens (tertiary/aromatic N) is 2. The zero-order valence-corrected chi connectivity index (χ0v) is 16.8. The molecule has 3 rings (SSSR count). The fourth-order valence-corrected chi connectivity index (χ4v) is 3.32. The predicted octanol–water partition coefficient (Wildman–Crippen LogP) is 2.97. The number of amides is 1. The minimum absolute atomic E-state index is 0.0152. The molecule has 0 spiro atoms. The number of nitrogens with one attached hydrogen (secondary N) is 2. The Labute approximate surface area is 169 Å². The van der Waals surface area contributed by atoms with E-state index in [1.165, 1.54) is 18.2 Å². The average molecular weight is 457 g/mol. The van der Waals surface area contributed by atoms with Gasteiger partial charge in [0.15, 0.2) is 5.82 Å². The lowest BCUT2D eigenvalue weighted by atomic mass is 10.1. The number of aliphatic hydroxyl groups excluding tert-OH is 1. The molecule has 1 aliphatic rings. The minimum Gasteiger partial charge on any atom is -0.394 e. The van der Waals surface area contributed by atoms with Crippen molar-refractivity contribution in [2.24, 2.45) is 0 Å². The number of carbonyl (C=O) groups excluding carboxylic acids is 1. The molecular weight excluding hydrogens is 438 g/mol. The number of aliphatic hydroxyl groups is 1. The fourth-order valence-electron chi connectivity index (χ4n) is 2.99. The number of rotatable bonds is 6. The average Bonchev–Trinajstić information content (AvgIpc) is 2.93. The summed E-state index contributed by atoms with van der Waals surface area (Å²) in [7, 11) is 3.49. The van der Waals surface area contributed by atoms with Crippen molar-refractivity contribution in [2.45, 2.75) is 0 Å². The van der Waals surface area contributed by atoms with Gasteiger partial charge in [-0.3, -0.25) is 9.63 Å². The van der Waals surface area contributed by atoms with Gasteiger partial charge in [0.2, 0.25) is 0 Å². The van der Waals surface area contributed by atoms with E-state index in [2.05, 4.69) is 26.7 Å². The Balaban J connectivity index is 2.07. The Morgan fingerprint density at radius 3 is 2.71 bits per heavy atom. The van der Waals surface area contributed by atoms with Crippen molar-refractivity contribution < 1.29 is 23.5 Å². The Morgan fingerprint density at radius 2 is 2.04 bits per heavy atom. The van der Waals surface area contributed by atoms with Gasteiger partial charge in [0.25, 0.3) is 5.91 Å². The smallest absolute Gasteiger partial charge is 0.277 e. The van der Waals surface area contributed by atoms with Crippen LogP contribution in [0, 0.1) is 11.6 Å². The van der Waals surface area contributed by atoms with Crippen LogP contribution in [0.3, 0.4) is 0 Å². The minimum atomic E-state index is -0.724. The molecule has 28 heavy (non-hydrogen) atoms. The van der Waals surface area contributed by atoms with Crippen LogP contribution in [-0.2, 0) is 4.84 Å². The van der Waals surface area contributed by atoms with Crippen LogP contribution in [0.5, 0.6) is 0 Å². The van der Waals surface area contributed by atoms with Crippen molar-refractivity contribution in [2.75, 3.05) is 49.1 Å². The van der Waals surface area contributed by atoms with Gasteiger partial charge >= 0.3 is 0 Å².